The first-order chi connectivity index (χ1) is 10.6. The van der Waals surface area contributed by atoms with E-state index in [0.717, 1.165) is 12.1 Å². The topological polar surface area (TPSA) is 74.2 Å². The molecule has 0 fully saturated rings. The van der Waals surface area contributed by atoms with Gasteiger partial charge < -0.3 is 19.6 Å². The first-order valence-corrected chi connectivity index (χ1v) is 7.10. The van der Waals surface area contributed by atoms with Crippen LogP contribution < -0.4 is 5.32 Å². The van der Waals surface area contributed by atoms with E-state index in [4.69, 9.17) is 4.42 Å². The Morgan fingerprint density at radius 3 is 2.71 bits per heavy atom. The Bertz CT molecular complexity index is 785. The zero-order valence-electron chi connectivity index (χ0n) is 13.4. The van der Waals surface area contributed by atoms with Gasteiger partial charge in [-0.15, -0.1) is 24.8 Å². The van der Waals surface area contributed by atoms with Crippen molar-refractivity contribution < 1.29 is 9.21 Å². The number of nitrogens with one attached hydrogen (secondary N) is 2. The number of amides is 1. The number of benzene rings is 1. The van der Waals surface area contributed by atoms with Crippen LogP contribution in [0.3, 0.4) is 0 Å². The zero-order valence-corrected chi connectivity index (χ0v) is 15.0. The highest BCUT2D eigenvalue weighted by Crippen LogP contribution is 2.23. The number of H-pyrrole nitrogens is 1. The quantitative estimate of drug-likeness (QED) is 0.723. The molecule has 0 aliphatic heterocycles. The lowest BCUT2D eigenvalue weighted by atomic mass is 10.1. The minimum atomic E-state index is -0.120. The van der Waals surface area contributed by atoms with Gasteiger partial charge in [-0.1, -0.05) is 6.07 Å². The minimum Gasteiger partial charge on any atom is -0.461 e. The number of carbonyl (C=O) groups is 1. The van der Waals surface area contributed by atoms with Crippen molar-refractivity contribution in [3.63, 3.8) is 0 Å². The van der Waals surface area contributed by atoms with Gasteiger partial charge in [0.2, 0.25) is 0 Å². The van der Waals surface area contributed by atoms with Crippen LogP contribution in [-0.4, -0.2) is 48.0 Å². The van der Waals surface area contributed by atoms with Crippen LogP contribution in [0.25, 0.3) is 22.6 Å². The van der Waals surface area contributed by atoms with Crippen LogP contribution in [-0.2, 0) is 0 Å². The summed E-state index contributed by atoms with van der Waals surface area (Å²) in [5.74, 6) is 1.15. The Hall–Kier alpha value is -2.02. The van der Waals surface area contributed by atoms with E-state index in [1.807, 2.05) is 37.2 Å². The van der Waals surface area contributed by atoms with E-state index in [1.54, 1.807) is 18.4 Å². The molecule has 24 heavy (non-hydrogen) atoms. The number of fused-ring (bicyclic) bond motifs is 1. The Balaban J connectivity index is 0.00000144. The molecule has 0 saturated heterocycles. The van der Waals surface area contributed by atoms with Gasteiger partial charge in [0.05, 0.1) is 17.3 Å². The second-order valence-corrected chi connectivity index (χ2v) is 5.32. The zero-order chi connectivity index (χ0) is 15.5. The monoisotopic (exact) mass is 370 g/mol. The van der Waals surface area contributed by atoms with Crippen molar-refractivity contribution in [2.24, 2.45) is 0 Å². The Morgan fingerprint density at radius 2 is 2.04 bits per heavy atom. The van der Waals surface area contributed by atoms with Gasteiger partial charge in [0.1, 0.15) is 5.52 Å². The number of imidazole rings is 1. The summed E-state index contributed by atoms with van der Waals surface area (Å²) in [7, 11) is 3.94. The summed E-state index contributed by atoms with van der Waals surface area (Å²) in [5, 5.41) is 2.91. The van der Waals surface area contributed by atoms with E-state index in [2.05, 4.69) is 15.3 Å². The van der Waals surface area contributed by atoms with Gasteiger partial charge in [0.25, 0.3) is 5.91 Å². The number of aromatic amines is 1. The largest absolute Gasteiger partial charge is 0.461 e. The maximum atomic E-state index is 12.3. The van der Waals surface area contributed by atoms with Crippen LogP contribution in [0.2, 0.25) is 0 Å². The molecule has 2 N–H and O–H groups in total. The third kappa shape index (κ3) is 4.29. The summed E-state index contributed by atoms with van der Waals surface area (Å²) in [5.41, 5.74) is 2.02. The van der Waals surface area contributed by atoms with Crippen molar-refractivity contribution >= 4 is 41.8 Å². The van der Waals surface area contributed by atoms with Crippen molar-refractivity contribution in [2.75, 3.05) is 27.2 Å². The molecule has 0 radical (unpaired) electrons. The molecular formula is C16H20Cl2N4O2. The van der Waals surface area contributed by atoms with Crippen molar-refractivity contribution in [1.82, 2.24) is 20.2 Å². The highest BCUT2D eigenvalue weighted by molar-refractivity contribution is 6.05. The molecule has 0 spiro atoms. The van der Waals surface area contributed by atoms with E-state index in [9.17, 15) is 4.79 Å². The molecule has 0 aliphatic carbocycles. The van der Waals surface area contributed by atoms with Gasteiger partial charge in [0, 0.05) is 13.1 Å². The number of hydrogen-bond donors (Lipinski definition) is 2. The number of hydrogen-bond acceptors (Lipinski definition) is 4. The third-order valence-electron chi connectivity index (χ3n) is 3.36. The van der Waals surface area contributed by atoms with Crippen LogP contribution >= 0.6 is 24.8 Å². The number of carbonyl (C=O) groups excluding carboxylic acids is 1. The molecule has 1 aromatic carbocycles. The van der Waals surface area contributed by atoms with Crippen molar-refractivity contribution in [3.05, 3.63) is 42.2 Å². The van der Waals surface area contributed by atoms with Crippen LogP contribution in [0.4, 0.5) is 0 Å². The summed E-state index contributed by atoms with van der Waals surface area (Å²) in [6.45, 7) is 1.39. The molecule has 2 aromatic heterocycles. The molecule has 1 amide bonds. The average Bonchev–Trinajstić information content (AvgIpc) is 3.14. The van der Waals surface area contributed by atoms with Crippen LogP contribution in [0.15, 0.2) is 41.0 Å². The van der Waals surface area contributed by atoms with Gasteiger partial charge in [-0.25, -0.2) is 4.98 Å². The number of likely N-dealkylation sites (N-methyl/N-ethyl adjacent to an activating group) is 1. The molecule has 0 aliphatic rings. The van der Waals surface area contributed by atoms with Gasteiger partial charge in [0.15, 0.2) is 11.6 Å². The van der Waals surface area contributed by atoms with E-state index in [1.165, 1.54) is 0 Å². The molecule has 130 valence electrons. The maximum absolute atomic E-state index is 12.3. The lowest BCUT2D eigenvalue weighted by Gasteiger charge is -2.10. The summed E-state index contributed by atoms with van der Waals surface area (Å²) in [6, 6.07) is 9.14. The smallest absolute Gasteiger partial charge is 0.253 e. The highest BCUT2D eigenvalue weighted by atomic mass is 35.5. The van der Waals surface area contributed by atoms with E-state index < -0.39 is 0 Å². The lowest BCUT2D eigenvalue weighted by Crippen LogP contribution is -2.31. The summed E-state index contributed by atoms with van der Waals surface area (Å²) in [6.07, 6.45) is 1.59. The van der Waals surface area contributed by atoms with E-state index in [0.29, 0.717) is 29.2 Å². The normalized spacial score (nSPS) is 10.3. The van der Waals surface area contributed by atoms with E-state index in [-0.39, 0.29) is 30.7 Å². The second-order valence-electron chi connectivity index (χ2n) is 5.32. The van der Waals surface area contributed by atoms with Crippen LogP contribution in [0.1, 0.15) is 10.4 Å². The third-order valence-corrected chi connectivity index (χ3v) is 3.36. The summed E-state index contributed by atoms with van der Waals surface area (Å²) >= 11 is 0. The number of aromatic nitrogens is 2. The average molecular weight is 371 g/mol. The van der Waals surface area contributed by atoms with Crippen molar-refractivity contribution in [1.29, 1.82) is 0 Å². The van der Waals surface area contributed by atoms with Gasteiger partial charge in [-0.05, 0) is 38.4 Å². The Morgan fingerprint density at radius 1 is 1.25 bits per heavy atom. The number of rotatable bonds is 5. The molecule has 0 atom stereocenters. The predicted molar refractivity (Wildman–Crippen MR) is 99.2 cm³/mol. The molecule has 8 heteroatoms. The molecule has 3 rings (SSSR count). The van der Waals surface area contributed by atoms with Crippen molar-refractivity contribution in [3.8, 4) is 11.6 Å². The Labute approximate surface area is 152 Å². The van der Waals surface area contributed by atoms with Gasteiger partial charge in [-0.2, -0.15) is 0 Å². The fourth-order valence-electron chi connectivity index (χ4n) is 2.23. The SMILES string of the molecule is CN(C)CCNC(=O)c1cccc2[nH]c(-c3ccco3)nc12.Cl.Cl. The molecule has 0 saturated carbocycles. The molecule has 0 unspecified atom stereocenters. The standard InChI is InChI=1S/C16H18N4O2.2ClH/c1-20(2)9-8-17-16(21)11-5-3-6-12-14(11)19-15(18-12)13-7-4-10-22-13;;/h3-7,10H,8-9H2,1-2H3,(H,17,21)(H,18,19);2*1H. The minimum absolute atomic E-state index is 0. The lowest BCUT2D eigenvalue weighted by molar-refractivity contribution is 0.0952. The highest BCUT2D eigenvalue weighted by Gasteiger charge is 2.15. The molecule has 3 aromatic rings. The molecule has 6 nitrogen and oxygen atoms in total. The van der Waals surface area contributed by atoms with Crippen molar-refractivity contribution in [2.45, 2.75) is 0 Å². The van der Waals surface area contributed by atoms with Crippen LogP contribution in [0.5, 0.6) is 0 Å². The molecule has 2 heterocycles. The Kier molecular flexibility index (Phi) is 7.28. The first kappa shape index (κ1) is 20.0. The fourth-order valence-corrected chi connectivity index (χ4v) is 2.23. The van der Waals surface area contributed by atoms with Crippen LogP contribution in [0, 0.1) is 0 Å². The molecule has 0 bridgehead atoms. The fraction of sp³-hybridized carbons (Fsp3) is 0.250. The number of furan rings is 1. The summed E-state index contributed by atoms with van der Waals surface area (Å²) < 4.78 is 5.34. The molecular weight excluding hydrogens is 351 g/mol. The predicted octanol–water partition coefficient (Wildman–Crippen LogP) is 2.96. The van der Waals surface area contributed by atoms with E-state index >= 15 is 0 Å². The van der Waals surface area contributed by atoms with Gasteiger partial charge >= 0.3 is 0 Å². The summed E-state index contributed by atoms with van der Waals surface area (Å²) in [4.78, 5) is 22.0. The van der Waals surface area contributed by atoms with Gasteiger partial charge in [-0.3, -0.25) is 4.79 Å². The number of para-hydroxylation sites is 1. The maximum Gasteiger partial charge on any atom is 0.253 e. The second kappa shape index (κ2) is 8.73. The number of halogens is 2. The number of nitrogens with zero attached hydrogens (tertiary/aromatic N) is 2. The first-order valence-electron chi connectivity index (χ1n) is 7.10.